The molecule has 0 aromatic heterocycles. The van der Waals surface area contributed by atoms with Gasteiger partial charge in [0.05, 0.1) is 0 Å². The molecule has 0 radical (unpaired) electrons. The van der Waals surface area contributed by atoms with Gasteiger partial charge < -0.3 is 15.5 Å². The SMILES string of the molecule is CN1CCCN(c2ccc(CN)c(Cl)c2)CC1. The average molecular weight is 254 g/mol. The maximum atomic E-state index is 6.20. The fourth-order valence-corrected chi connectivity index (χ4v) is 2.46. The lowest BCUT2D eigenvalue weighted by molar-refractivity contribution is 0.360. The molecule has 1 fully saturated rings. The topological polar surface area (TPSA) is 32.5 Å². The highest BCUT2D eigenvalue weighted by molar-refractivity contribution is 6.31. The Kier molecular flexibility index (Phi) is 4.26. The maximum absolute atomic E-state index is 6.20. The summed E-state index contributed by atoms with van der Waals surface area (Å²) in [5.74, 6) is 0. The molecule has 3 nitrogen and oxygen atoms in total. The van der Waals surface area contributed by atoms with Gasteiger partial charge in [0, 0.05) is 36.9 Å². The van der Waals surface area contributed by atoms with Gasteiger partial charge in [-0.3, -0.25) is 0 Å². The summed E-state index contributed by atoms with van der Waals surface area (Å²) in [4.78, 5) is 4.77. The number of hydrogen-bond acceptors (Lipinski definition) is 3. The van der Waals surface area contributed by atoms with Crippen molar-refractivity contribution in [2.75, 3.05) is 38.1 Å². The van der Waals surface area contributed by atoms with Crippen molar-refractivity contribution < 1.29 is 0 Å². The number of rotatable bonds is 2. The van der Waals surface area contributed by atoms with E-state index < -0.39 is 0 Å². The molecular weight excluding hydrogens is 234 g/mol. The van der Waals surface area contributed by atoms with Gasteiger partial charge in [-0.1, -0.05) is 17.7 Å². The summed E-state index contributed by atoms with van der Waals surface area (Å²) in [6.07, 6.45) is 1.20. The molecule has 1 saturated heterocycles. The van der Waals surface area contributed by atoms with E-state index in [1.54, 1.807) is 0 Å². The van der Waals surface area contributed by atoms with Crippen molar-refractivity contribution in [3.63, 3.8) is 0 Å². The Labute approximate surface area is 108 Å². The Morgan fingerprint density at radius 1 is 1.24 bits per heavy atom. The monoisotopic (exact) mass is 253 g/mol. The van der Waals surface area contributed by atoms with E-state index in [-0.39, 0.29) is 0 Å². The zero-order valence-corrected chi connectivity index (χ0v) is 11.1. The molecule has 0 bridgehead atoms. The Morgan fingerprint density at radius 3 is 2.76 bits per heavy atom. The van der Waals surface area contributed by atoms with Crippen LogP contribution >= 0.6 is 11.6 Å². The fourth-order valence-electron chi connectivity index (χ4n) is 2.20. The van der Waals surface area contributed by atoms with Gasteiger partial charge in [-0.2, -0.15) is 0 Å². The third-order valence-electron chi connectivity index (χ3n) is 3.34. The molecule has 0 spiro atoms. The largest absolute Gasteiger partial charge is 0.370 e. The number of anilines is 1. The zero-order valence-electron chi connectivity index (χ0n) is 10.3. The molecule has 1 heterocycles. The molecule has 0 aliphatic carbocycles. The molecule has 1 aliphatic heterocycles. The lowest BCUT2D eigenvalue weighted by atomic mass is 10.2. The molecule has 1 aromatic rings. The summed E-state index contributed by atoms with van der Waals surface area (Å²) in [6.45, 7) is 4.95. The van der Waals surface area contributed by atoms with Gasteiger partial charge in [0.25, 0.3) is 0 Å². The molecule has 1 aliphatic rings. The number of hydrogen-bond donors (Lipinski definition) is 1. The van der Waals surface area contributed by atoms with Crippen LogP contribution in [0.5, 0.6) is 0 Å². The van der Waals surface area contributed by atoms with Crippen LogP contribution in [0.2, 0.25) is 5.02 Å². The summed E-state index contributed by atoms with van der Waals surface area (Å²) in [5.41, 5.74) is 7.84. The Hall–Kier alpha value is -0.770. The van der Waals surface area contributed by atoms with E-state index in [2.05, 4.69) is 22.9 Å². The molecule has 2 N–H and O–H groups in total. The predicted molar refractivity (Wildman–Crippen MR) is 73.7 cm³/mol. The molecule has 1 aromatic carbocycles. The molecule has 2 rings (SSSR count). The van der Waals surface area contributed by atoms with E-state index in [0.29, 0.717) is 6.54 Å². The number of likely N-dealkylation sites (N-methyl/N-ethyl adjacent to an activating group) is 1. The summed E-state index contributed by atoms with van der Waals surface area (Å²) in [6, 6.07) is 6.20. The minimum Gasteiger partial charge on any atom is -0.370 e. The molecule has 0 amide bonds. The number of benzene rings is 1. The second-order valence-electron chi connectivity index (χ2n) is 4.62. The van der Waals surface area contributed by atoms with Crippen molar-refractivity contribution >= 4 is 17.3 Å². The Morgan fingerprint density at radius 2 is 2.06 bits per heavy atom. The Balaban J connectivity index is 2.13. The van der Waals surface area contributed by atoms with E-state index in [1.807, 2.05) is 12.1 Å². The molecule has 94 valence electrons. The molecule has 0 unspecified atom stereocenters. The minimum atomic E-state index is 0.502. The average Bonchev–Trinajstić information content (AvgIpc) is 2.54. The smallest absolute Gasteiger partial charge is 0.0471 e. The molecule has 4 heteroatoms. The van der Waals surface area contributed by atoms with E-state index in [9.17, 15) is 0 Å². The number of nitrogens with two attached hydrogens (primary N) is 1. The molecular formula is C13H20ClN3. The summed E-state index contributed by atoms with van der Waals surface area (Å²) >= 11 is 6.20. The van der Waals surface area contributed by atoms with Crippen LogP contribution in [0.3, 0.4) is 0 Å². The Bertz CT molecular complexity index is 381. The summed E-state index contributed by atoms with van der Waals surface area (Å²) in [7, 11) is 2.17. The molecule has 0 atom stereocenters. The van der Waals surface area contributed by atoms with Crippen molar-refractivity contribution in [3.05, 3.63) is 28.8 Å². The van der Waals surface area contributed by atoms with Crippen molar-refractivity contribution in [2.24, 2.45) is 5.73 Å². The van der Waals surface area contributed by atoms with Gasteiger partial charge in [0.15, 0.2) is 0 Å². The normalized spacial score (nSPS) is 18.2. The minimum absolute atomic E-state index is 0.502. The number of nitrogens with zero attached hydrogens (tertiary/aromatic N) is 2. The first-order chi connectivity index (χ1) is 8.20. The highest BCUT2D eigenvalue weighted by atomic mass is 35.5. The highest BCUT2D eigenvalue weighted by Gasteiger charge is 2.13. The fraction of sp³-hybridized carbons (Fsp3) is 0.538. The molecule has 0 saturated carbocycles. The van der Waals surface area contributed by atoms with Crippen LogP contribution in [0.25, 0.3) is 0 Å². The zero-order chi connectivity index (χ0) is 12.3. The quantitative estimate of drug-likeness (QED) is 0.875. The highest BCUT2D eigenvalue weighted by Crippen LogP contribution is 2.24. The maximum Gasteiger partial charge on any atom is 0.0471 e. The van der Waals surface area contributed by atoms with Crippen molar-refractivity contribution in [1.29, 1.82) is 0 Å². The van der Waals surface area contributed by atoms with E-state index in [0.717, 1.165) is 30.2 Å². The van der Waals surface area contributed by atoms with Crippen LogP contribution in [0, 0.1) is 0 Å². The van der Waals surface area contributed by atoms with Gasteiger partial charge in [-0.05, 0) is 37.7 Å². The van der Waals surface area contributed by atoms with Gasteiger partial charge >= 0.3 is 0 Å². The lowest BCUT2D eigenvalue weighted by Gasteiger charge is -2.23. The first-order valence-corrected chi connectivity index (χ1v) is 6.50. The first kappa shape index (κ1) is 12.7. The van der Waals surface area contributed by atoms with Crippen LogP contribution in [0.15, 0.2) is 18.2 Å². The van der Waals surface area contributed by atoms with Gasteiger partial charge in [-0.25, -0.2) is 0 Å². The van der Waals surface area contributed by atoms with E-state index in [4.69, 9.17) is 17.3 Å². The van der Waals surface area contributed by atoms with Gasteiger partial charge in [0.1, 0.15) is 0 Å². The second-order valence-corrected chi connectivity index (χ2v) is 5.03. The summed E-state index contributed by atoms with van der Waals surface area (Å²) in [5, 5.41) is 0.780. The van der Waals surface area contributed by atoms with Gasteiger partial charge in [0.2, 0.25) is 0 Å². The third-order valence-corrected chi connectivity index (χ3v) is 3.69. The lowest BCUT2D eigenvalue weighted by Crippen LogP contribution is -2.28. The van der Waals surface area contributed by atoms with Gasteiger partial charge in [-0.15, -0.1) is 0 Å². The van der Waals surface area contributed by atoms with Crippen LogP contribution in [0.4, 0.5) is 5.69 Å². The van der Waals surface area contributed by atoms with Crippen molar-refractivity contribution in [3.8, 4) is 0 Å². The van der Waals surface area contributed by atoms with E-state index >= 15 is 0 Å². The summed E-state index contributed by atoms with van der Waals surface area (Å²) < 4.78 is 0. The molecule has 17 heavy (non-hydrogen) atoms. The third kappa shape index (κ3) is 3.12. The first-order valence-electron chi connectivity index (χ1n) is 6.12. The van der Waals surface area contributed by atoms with Crippen LogP contribution in [0.1, 0.15) is 12.0 Å². The standard InChI is InChI=1S/C13H20ClN3/c1-16-5-2-6-17(8-7-16)12-4-3-11(10-15)13(14)9-12/h3-4,9H,2,5-8,10,15H2,1H3. The van der Waals surface area contributed by atoms with Crippen molar-refractivity contribution in [2.45, 2.75) is 13.0 Å². The van der Waals surface area contributed by atoms with E-state index in [1.165, 1.54) is 18.7 Å². The number of halogens is 1. The van der Waals surface area contributed by atoms with Crippen LogP contribution < -0.4 is 10.6 Å². The van der Waals surface area contributed by atoms with Crippen LogP contribution in [-0.2, 0) is 6.54 Å². The second kappa shape index (κ2) is 5.71. The van der Waals surface area contributed by atoms with Crippen molar-refractivity contribution in [1.82, 2.24) is 4.90 Å². The predicted octanol–water partition coefficient (Wildman–Crippen LogP) is 1.94. The van der Waals surface area contributed by atoms with Crippen LogP contribution in [-0.4, -0.2) is 38.1 Å².